The van der Waals surface area contributed by atoms with Crippen molar-refractivity contribution in [1.82, 2.24) is 5.32 Å². The zero-order valence-corrected chi connectivity index (χ0v) is 10.1. The van der Waals surface area contributed by atoms with Gasteiger partial charge >= 0.3 is 0 Å². The van der Waals surface area contributed by atoms with Gasteiger partial charge in [-0.2, -0.15) is 0 Å². The third-order valence-corrected chi connectivity index (χ3v) is 2.50. The molecule has 1 atom stereocenters. The molecule has 0 heterocycles. The SMILES string of the molecule is CC(C)CCCC(C)NCCCCO. The molecule has 0 aliphatic heterocycles. The standard InChI is InChI=1S/C12H27NO/c1-11(2)7-6-8-12(3)13-9-4-5-10-14/h11-14H,4-10H2,1-3H3. The van der Waals surface area contributed by atoms with Gasteiger partial charge in [-0.05, 0) is 38.6 Å². The first kappa shape index (κ1) is 13.9. The summed E-state index contributed by atoms with van der Waals surface area (Å²) in [5, 5.41) is 12.1. The molecule has 0 saturated heterocycles. The molecule has 86 valence electrons. The quantitative estimate of drug-likeness (QED) is 0.562. The van der Waals surface area contributed by atoms with Crippen molar-refractivity contribution in [1.29, 1.82) is 0 Å². The van der Waals surface area contributed by atoms with Crippen molar-refractivity contribution in [3.05, 3.63) is 0 Å². The Morgan fingerprint density at radius 1 is 1.00 bits per heavy atom. The summed E-state index contributed by atoms with van der Waals surface area (Å²) in [4.78, 5) is 0. The Kier molecular flexibility index (Phi) is 9.42. The minimum Gasteiger partial charge on any atom is -0.396 e. The van der Waals surface area contributed by atoms with Gasteiger partial charge in [-0.15, -0.1) is 0 Å². The fraction of sp³-hybridized carbons (Fsp3) is 1.00. The zero-order valence-electron chi connectivity index (χ0n) is 10.1. The van der Waals surface area contributed by atoms with Gasteiger partial charge in [0.25, 0.3) is 0 Å². The molecule has 0 aliphatic carbocycles. The molecule has 0 aromatic carbocycles. The van der Waals surface area contributed by atoms with E-state index in [9.17, 15) is 0 Å². The summed E-state index contributed by atoms with van der Waals surface area (Å²) >= 11 is 0. The Bertz CT molecular complexity index is 115. The van der Waals surface area contributed by atoms with Gasteiger partial charge < -0.3 is 10.4 Å². The van der Waals surface area contributed by atoms with E-state index in [2.05, 4.69) is 26.1 Å². The number of rotatable bonds is 9. The summed E-state index contributed by atoms with van der Waals surface area (Å²) in [5.41, 5.74) is 0. The van der Waals surface area contributed by atoms with E-state index < -0.39 is 0 Å². The summed E-state index contributed by atoms with van der Waals surface area (Å²) < 4.78 is 0. The molecule has 2 nitrogen and oxygen atoms in total. The Balaban J connectivity index is 3.15. The normalized spacial score (nSPS) is 13.5. The Morgan fingerprint density at radius 2 is 1.71 bits per heavy atom. The number of aliphatic hydroxyl groups excluding tert-OH is 1. The van der Waals surface area contributed by atoms with Gasteiger partial charge in [0.05, 0.1) is 0 Å². The van der Waals surface area contributed by atoms with E-state index in [0.29, 0.717) is 12.6 Å². The van der Waals surface area contributed by atoms with Crippen LogP contribution in [-0.2, 0) is 0 Å². The zero-order chi connectivity index (χ0) is 10.8. The second kappa shape index (κ2) is 9.47. The smallest absolute Gasteiger partial charge is 0.0431 e. The average molecular weight is 201 g/mol. The predicted molar refractivity (Wildman–Crippen MR) is 62.5 cm³/mol. The number of hydrogen-bond donors (Lipinski definition) is 2. The molecule has 14 heavy (non-hydrogen) atoms. The average Bonchev–Trinajstić information content (AvgIpc) is 2.12. The van der Waals surface area contributed by atoms with Crippen molar-refractivity contribution >= 4 is 0 Å². The van der Waals surface area contributed by atoms with E-state index in [1.807, 2.05) is 0 Å². The Labute approximate surface area is 89.1 Å². The molecule has 0 spiro atoms. The first-order chi connectivity index (χ1) is 6.66. The maximum atomic E-state index is 8.61. The second-order valence-electron chi connectivity index (χ2n) is 4.61. The number of hydrogen-bond acceptors (Lipinski definition) is 2. The summed E-state index contributed by atoms with van der Waals surface area (Å²) in [6, 6.07) is 0.632. The predicted octanol–water partition coefficient (Wildman–Crippen LogP) is 2.56. The van der Waals surface area contributed by atoms with Crippen molar-refractivity contribution in [2.45, 2.75) is 58.9 Å². The summed E-state index contributed by atoms with van der Waals surface area (Å²) in [7, 11) is 0. The van der Waals surface area contributed by atoms with Crippen LogP contribution in [0, 0.1) is 5.92 Å². The van der Waals surface area contributed by atoms with Crippen molar-refractivity contribution < 1.29 is 5.11 Å². The van der Waals surface area contributed by atoms with Crippen molar-refractivity contribution in [3.8, 4) is 0 Å². The first-order valence-electron chi connectivity index (χ1n) is 6.01. The van der Waals surface area contributed by atoms with Crippen LogP contribution < -0.4 is 5.32 Å². The topological polar surface area (TPSA) is 32.3 Å². The van der Waals surface area contributed by atoms with Crippen LogP contribution in [0.1, 0.15) is 52.9 Å². The van der Waals surface area contributed by atoms with Gasteiger partial charge in [0.15, 0.2) is 0 Å². The van der Waals surface area contributed by atoms with Gasteiger partial charge in [0, 0.05) is 12.6 Å². The van der Waals surface area contributed by atoms with Gasteiger partial charge in [0.1, 0.15) is 0 Å². The lowest BCUT2D eigenvalue weighted by atomic mass is 10.0. The van der Waals surface area contributed by atoms with Crippen molar-refractivity contribution in [2.75, 3.05) is 13.2 Å². The van der Waals surface area contributed by atoms with Gasteiger partial charge in [0.2, 0.25) is 0 Å². The van der Waals surface area contributed by atoms with Crippen LogP contribution in [0.5, 0.6) is 0 Å². The molecule has 2 heteroatoms. The van der Waals surface area contributed by atoms with E-state index in [1.165, 1.54) is 19.3 Å². The molecule has 0 radical (unpaired) electrons. The molecule has 0 saturated carbocycles. The molecule has 0 aromatic rings. The molecular formula is C12H27NO. The van der Waals surface area contributed by atoms with Crippen molar-refractivity contribution in [3.63, 3.8) is 0 Å². The van der Waals surface area contributed by atoms with Crippen LogP contribution >= 0.6 is 0 Å². The summed E-state index contributed by atoms with van der Waals surface area (Å²) in [5.74, 6) is 0.830. The maximum Gasteiger partial charge on any atom is 0.0431 e. The third-order valence-electron chi connectivity index (χ3n) is 2.50. The maximum absolute atomic E-state index is 8.61. The molecule has 0 bridgehead atoms. The minimum absolute atomic E-state index is 0.323. The monoisotopic (exact) mass is 201 g/mol. The van der Waals surface area contributed by atoms with Crippen LogP contribution in [0.2, 0.25) is 0 Å². The van der Waals surface area contributed by atoms with Crippen LogP contribution in [0.4, 0.5) is 0 Å². The Hall–Kier alpha value is -0.0800. The molecule has 0 amide bonds. The molecule has 1 unspecified atom stereocenters. The molecule has 0 rings (SSSR count). The van der Waals surface area contributed by atoms with Gasteiger partial charge in [-0.25, -0.2) is 0 Å². The Morgan fingerprint density at radius 3 is 2.29 bits per heavy atom. The third kappa shape index (κ3) is 10.0. The number of aliphatic hydroxyl groups is 1. The lowest BCUT2D eigenvalue weighted by molar-refractivity contribution is 0.282. The molecule has 0 aromatic heterocycles. The summed E-state index contributed by atoms with van der Waals surface area (Å²) in [6.45, 7) is 8.17. The highest BCUT2D eigenvalue weighted by Gasteiger charge is 2.01. The highest BCUT2D eigenvalue weighted by atomic mass is 16.2. The fourth-order valence-corrected chi connectivity index (χ4v) is 1.52. The molecule has 0 aliphatic rings. The fourth-order valence-electron chi connectivity index (χ4n) is 1.52. The van der Waals surface area contributed by atoms with Gasteiger partial charge in [-0.3, -0.25) is 0 Å². The molecular weight excluding hydrogens is 174 g/mol. The largest absolute Gasteiger partial charge is 0.396 e. The van der Waals surface area contributed by atoms with Crippen LogP contribution in [0.25, 0.3) is 0 Å². The van der Waals surface area contributed by atoms with Crippen molar-refractivity contribution in [2.24, 2.45) is 5.92 Å². The minimum atomic E-state index is 0.323. The highest BCUT2D eigenvalue weighted by Crippen LogP contribution is 2.08. The van der Waals surface area contributed by atoms with Crippen LogP contribution in [-0.4, -0.2) is 24.3 Å². The molecule has 0 fully saturated rings. The molecule has 2 N–H and O–H groups in total. The highest BCUT2D eigenvalue weighted by molar-refractivity contribution is 4.61. The van der Waals surface area contributed by atoms with Crippen LogP contribution in [0.15, 0.2) is 0 Å². The van der Waals surface area contributed by atoms with E-state index in [-0.39, 0.29) is 0 Å². The summed E-state index contributed by atoms with van der Waals surface area (Å²) in [6.07, 6.45) is 5.95. The lowest BCUT2D eigenvalue weighted by Crippen LogP contribution is -2.27. The van der Waals surface area contributed by atoms with E-state index >= 15 is 0 Å². The van der Waals surface area contributed by atoms with Gasteiger partial charge in [-0.1, -0.05) is 26.7 Å². The number of nitrogens with one attached hydrogen (secondary N) is 1. The lowest BCUT2D eigenvalue weighted by Gasteiger charge is -2.14. The second-order valence-corrected chi connectivity index (χ2v) is 4.61. The van der Waals surface area contributed by atoms with E-state index in [0.717, 1.165) is 25.3 Å². The van der Waals surface area contributed by atoms with E-state index in [1.54, 1.807) is 0 Å². The van der Waals surface area contributed by atoms with Crippen LogP contribution in [0.3, 0.4) is 0 Å². The number of unbranched alkanes of at least 4 members (excludes halogenated alkanes) is 1. The van der Waals surface area contributed by atoms with E-state index in [4.69, 9.17) is 5.11 Å². The first-order valence-corrected chi connectivity index (χ1v) is 6.01.